The van der Waals surface area contributed by atoms with Gasteiger partial charge in [0.25, 0.3) is 5.91 Å². The Morgan fingerprint density at radius 1 is 1.25 bits per heavy atom. The molecule has 0 aliphatic carbocycles. The molecule has 1 aliphatic rings. The van der Waals surface area contributed by atoms with E-state index in [1.807, 2.05) is 24.3 Å². The van der Waals surface area contributed by atoms with Gasteiger partial charge < -0.3 is 19.5 Å². The fourth-order valence-electron chi connectivity index (χ4n) is 3.63. The minimum Gasteiger partial charge on any atom is -0.493 e. The van der Waals surface area contributed by atoms with Crippen molar-refractivity contribution in [1.29, 1.82) is 0 Å². The van der Waals surface area contributed by atoms with Crippen molar-refractivity contribution in [2.75, 3.05) is 20.8 Å². The molecule has 1 atom stereocenters. The Morgan fingerprint density at radius 2 is 2.00 bits per heavy atom. The van der Waals surface area contributed by atoms with Gasteiger partial charge in [-0.2, -0.15) is 0 Å². The van der Waals surface area contributed by atoms with Crippen LogP contribution in [0.2, 0.25) is 0 Å². The number of fused-ring (bicyclic) bond motifs is 1. The van der Waals surface area contributed by atoms with E-state index in [4.69, 9.17) is 9.47 Å². The number of carbonyl (C=O) groups is 2. The van der Waals surface area contributed by atoms with Crippen LogP contribution in [0.4, 0.5) is 0 Å². The summed E-state index contributed by atoms with van der Waals surface area (Å²) in [4.78, 5) is 26.5. The standard InChI is InChI=1S/C22H23NO5/c1-4-7-14-10-16(11-19(27-2)20(14)28-3)21(24)23-12-15-8-5-6-9-17(15)18(13-23)22(25)26/h4-6,8-11,18H,1,7,12-13H2,2-3H3,(H,25,26). The van der Waals surface area contributed by atoms with Crippen LogP contribution in [0.1, 0.15) is 33.0 Å². The summed E-state index contributed by atoms with van der Waals surface area (Å²) in [5.41, 5.74) is 2.82. The molecule has 1 amide bonds. The lowest BCUT2D eigenvalue weighted by atomic mass is 9.89. The SMILES string of the molecule is C=CCc1cc(C(=O)N2Cc3ccccc3C(C(=O)O)C2)cc(OC)c1OC. The molecular formula is C22H23NO5. The zero-order valence-electron chi connectivity index (χ0n) is 16.0. The number of methoxy groups -OCH3 is 2. The average molecular weight is 381 g/mol. The van der Waals surface area contributed by atoms with Crippen molar-refractivity contribution in [3.63, 3.8) is 0 Å². The van der Waals surface area contributed by atoms with Crippen molar-refractivity contribution in [1.82, 2.24) is 4.90 Å². The summed E-state index contributed by atoms with van der Waals surface area (Å²) >= 11 is 0. The molecule has 0 bridgehead atoms. The van der Waals surface area contributed by atoms with Gasteiger partial charge in [-0.25, -0.2) is 0 Å². The molecule has 1 heterocycles. The van der Waals surface area contributed by atoms with Crippen molar-refractivity contribution >= 4 is 11.9 Å². The summed E-state index contributed by atoms with van der Waals surface area (Å²) < 4.78 is 10.8. The van der Waals surface area contributed by atoms with Gasteiger partial charge in [-0.3, -0.25) is 9.59 Å². The Kier molecular flexibility index (Phi) is 5.68. The Labute approximate surface area is 164 Å². The highest BCUT2D eigenvalue weighted by atomic mass is 16.5. The van der Waals surface area contributed by atoms with E-state index in [-0.39, 0.29) is 12.5 Å². The molecule has 3 rings (SSSR count). The zero-order chi connectivity index (χ0) is 20.3. The van der Waals surface area contributed by atoms with Gasteiger partial charge in [0.05, 0.1) is 20.1 Å². The van der Waals surface area contributed by atoms with Crippen LogP contribution in [-0.4, -0.2) is 42.6 Å². The molecule has 0 fully saturated rings. The van der Waals surface area contributed by atoms with Crippen LogP contribution >= 0.6 is 0 Å². The van der Waals surface area contributed by atoms with Gasteiger partial charge in [0, 0.05) is 24.2 Å². The van der Waals surface area contributed by atoms with Gasteiger partial charge in [0.2, 0.25) is 0 Å². The van der Waals surface area contributed by atoms with Gasteiger partial charge in [0.1, 0.15) is 0 Å². The molecular weight excluding hydrogens is 358 g/mol. The number of ether oxygens (including phenoxy) is 2. The molecule has 0 saturated carbocycles. The first kappa shape index (κ1) is 19.5. The second-order valence-electron chi connectivity index (χ2n) is 6.64. The summed E-state index contributed by atoms with van der Waals surface area (Å²) in [5.74, 6) is -0.915. The maximum atomic E-state index is 13.2. The number of amides is 1. The minimum absolute atomic E-state index is 0.121. The van der Waals surface area contributed by atoms with E-state index in [1.54, 1.807) is 30.2 Å². The number of allylic oxidation sites excluding steroid dienone is 1. The second-order valence-corrected chi connectivity index (χ2v) is 6.64. The Morgan fingerprint density at radius 3 is 2.64 bits per heavy atom. The topological polar surface area (TPSA) is 76.1 Å². The monoisotopic (exact) mass is 381 g/mol. The van der Waals surface area contributed by atoms with Crippen LogP contribution in [0.5, 0.6) is 11.5 Å². The maximum Gasteiger partial charge on any atom is 0.312 e. The molecule has 6 heteroatoms. The van der Waals surface area contributed by atoms with E-state index in [0.29, 0.717) is 30.0 Å². The number of carboxylic acids is 1. The van der Waals surface area contributed by atoms with Crippen LogP contribution in [-0.2, 0) is 17.8 Å². The molecule has 2 aromatic carbocycles. The molecule has 146 valence electrons. The van der Waals surface area contributed by atoms with Gasteiger partial charge in [-0.05, 0) is 29.7 Å². The number of hydrogen-bond acceptors (Lipinski definition) is 4. The molecule has 0 saturated heterocycles. The van der Waals surface area contributed by atoms with E-state index in [1.165, 1.54) is 7.11 Å². The van der Waals surface area contributed by atoms with Gasteiger partial charge in [-0.15, -0.1) is 6.58 Å². The summed E-state index contributed by atoms with van der Waals surface area (Å²) in [6.07, 6.45) is 2.24. The highest BCUT2D eigenvalue weighted by Crippen LogP contribution is 2.35. The number of nitrogens with zero attached hydrogens (tertiary/aromatic N) is 1. The zero-order valence-corrected chi connectivity index (χ0v) is 16.0. The molecule has 2 aromatic rings. The van der Waals surface area contributed by atoms with Crippen molar-refractivity contribution in [3.8, 4) is 11.5 Å². The number of benzene rings is 2. The maximum absolute atomic E-state index is 13.2. The lowest BCUT2D eigenvalue weighted by molar-refractivity contribution is -0.139. The molecule has 1 aliphatic heterocycles. The molecule has 1 unspecified atom stereocenters. The predicted octanol–water partition coefficient (Wildman–Crippen LogP) is 3.26. The fourth-order valence-corrected chi connectivity index (χ4v) is 3.63. The van der Waals surface area contributed by atoms with Crippen LogP contribution < -0.4 is 9.47 Å². The van der Waals surface area contributed by atoms with Crippen LogP contribution in [0, 0.1) is 0 Å². The molecule has 28 heavy (non-hydrogen) atoms. The summed E-state index contributed by atoms with van der Waals surface area (Å²) in [5, 5.41) is 9.63. The Bertz CT molecular complexity index is 921. The Hall–Kier alpha value is -3.28. The van der Waals surface area contributed by atoms with Crippen molar-refractivity contribution < 1.29 is 24.2 Å². The smallest absolute Gasteiger partial charge is 0.312 e. The fraction of sp³-hybridized carbons (Fsp3) is 0.273. The molecule has 0 spiro atoms. The third kappa shape index (κ3) is 3.58. The quantitative estimate of drug-likeness (QED) is 0.778. The number of rotatable bonds is 6. The highest BCUT2D eigenvalue weighted by Gasteiger charge is 2.33. The van der Waals surface area contributed by atoms with Gasteiger partial charge in [0.15, 0.2) is 11.5 Å². The first-order valence-electron chi connectivity index (χ1n) is 8.95. The lowest BCUT2D eigenvalue weighted by Crippen LogP contribution is -2.40. The van der Waals surface area contributed by atoms with Crippen molar-refractivity contribution in [3.05, 3.63) is 71.3 Å². The number of aliphatic carboxylic acids is 1. The third-order valence-electron chi connectivity index (χ3n) is 4.95. The summed E-state index contributed by atoms with van der Waals surface area (Å²) in [7, 11) is 3.06. The van der Waals surface area contributed by atoms with Gasteiger partial charge >= 0.3 is 5.97 Å². The number of carbonyl (C=O) groups excluding carboxylic acids is 1. The third-order valence-corrected chi connectivity index (χ3v) is 4.95. The second kappa shape index (κ2) is 8.17. The van der Waals surface area contributed by atoms with E-state index in [0.717, 1.165) is 16.7 Å². The predicted molar refractivity (Wildman–Crippen MR) is 105 cm³/mol. The Balaban J connectivity index is 1.99. The highest BCUT2D eigenvalue weighted by molar-refractivity contribution is 5.96. The van der Waals surface area contributed by atoms with Crippen LogP contribution in [0.15, 0.2) is 49.1 Å². The van der Waals surface area contributed by atoms with E-state index in [2.05, 4.69) is 6.58 Å². The van der Waals surface area contributed by atoms with Crippen molar-refractivity contribution in [2.45, 2.75) is 18.9 Å². The number of hydrogen-bond donors (Lipinski definition) is 1. The summed E-state index contributed by atoms with van der Waals surface area (Å²) in [6, 6.07) is 10.7. The molecule has 0 aromatic heterocycles. The van der Waals surface area contributed by atoms with E-state index < -0.39 is 11.9 Å². The minimum atomic E-state index is -0.940. The van der Waals surface area contributed by atoms with Crippen molar-refractivity contribution in [2.24, 2.45) is 0 Å². The van der Waals surface area contributed by atoms with Crippen LogP contribution in [0.3, 0.4) is 0 Å². The average Bonchev–Trinajstić information content (AvgIpc) is 2.71. The first-order chi connectivity index (χ1) is 13.5. The number of carboxylic acid groups (broad SMARTS) is 1. The molecule has 6 nitrogen and oxygen atoms in total. The normalized spacial score (nSPS) is 15.5. The largest absolute Gasteiger partial charge is 0.493 e. The molecule has 1 N–H and O–H groups in total. The van der Waals surface area contributed by atoms with Gasteiger partial charge in [-0.1, -0.05) is 30.3 Å². The summed E-state index contributed by atoms with van der Waals surface area (Å²) in [6.45, 7) is 4.23. The first-order valence-corrected chi connectivity index (χ1v) is 8.95. The van der Waals surface area contributed by atoms with E-state index >= 15 is 0 Å². The lowest BCUT2D eigenvalue weighted by Gasteiger charge is -2.33. The van der Waals surface area contributed by atoms with Crippen LogP contribution in [0.25, 0.3) is 0 Å². The van der Waals surface area contributed by atoms with E-state index in [9.17, 15) is 14.7 Å². The molecule has 0 radical (unpaired) electrons.